The van der Waals surface area contributed by atoms with Crippen molar-refractivity contribution < 1.29 is 4.79 Å². The van der Waals surface area contributed by atoms with Gasteiger partial charge in [-0.05, 0) is 53.8 Å². The summed E-state index contributed by atoms with van der Waals surface area (Å²) in [5.41, 5.74) is 4.46. The van der Waals surface area contributed by atoms with E-state index in [1.54, 1.807) is 16.4 Å². The van der Waals surface area contributed by atoms with E-state index >= 15 is 0 Å². The van der Waals surface area contributed by atoms with Crippen LogP contribution in [-0.2, 0) is 28.2 Å². The van der Waals surface area contributed by atoms with Crippen LogP contribution >= 0.6 is 0 Å². The van der Waals surface area contributed by atoms with E-state index in [-0.39, 0.29) is 5.78 Å². The minimum absolute atomic E-state index is 0.0438. The summed E-state index contributed by atoms with van der Waals surface area (Å²) in [6, 6.07) is 41.4. The average Bonchev–Trinajstić information content (AvgIpc) is 3.83. The highest BCUT2D eigenvalue weighted by Crippen LogP contribution is 2.48. The number of nitrogens with zero attached hydrogens (tertiary/aromatic N) is 6. The summed E-state index contributed by atoms with van der Waals surface area (Å²) < 4.78 is 1.75. The standard InChI is InChI=1S/C43H42N6O/c1-5-6-27-41(28-29-42(33(3)50,32(2)31-41)39-26-30-48(4)45-39)38-25-17-16-24-37(38)40-44-47-49(46-40)43(34-18-10-7-11-19-34,35-20-12-8-13-21-35)36-22-14-9-15-23-36/h7-26,28-31H,5-6,27H2,1-4H3. The maximum Gasteiger partial charge on any atom is 0.205 e. The number of rotatable bonds is 11. The number of carbonyl (C=O) groups is 1. The zero-order valence-electron chi connectivity index (χ0n) is 29.1. The number of carbonyl (C=O) groups excluding carboxylic acids is 1. The largest absolute Gasteiger partial charge is 0.298 e. The Kier molecular flexibility index (Phi) is 8.74. The summed E-state index contributed by atoms with van der Waals surface area (Å²) in [6.45, 7) is 5.93. The van der Waals surface area contributed by atoms with Gasteiger partial charge < -0.3 is 0 Å². The average molecular weight is 659 g/mol. The molecular formula is C43H42N6O. The molecule has 7 heteroatoms. The number of allylic oxidation sites excluding steroid dienone is 4. The van der Waals surface area contributed by atoms with Gasteiger partial charge >= 0.3 is 0 Å². The number of ketones is 1. The smallest absolute Gasteiger partial charge is 0.205 e. The Morgan fingerprint density at radius 2 is 1.34 bits per heavy atom. The predicted molar refractivity (Wildman–Crippen MR) is 198 cm³/mol. The van der Waals surface area contributed by atoms with Crippen LogP contribution in [0, 0.1) is 0 Å². The van der Waals surface area contributed by atoms with Crippen LogP contribution in [0.3, 0.4) is 0 Å². The van der Waals surface area contributed by atoms with E-state index in [1.807, 2.05) is 43.6 Å². The molecule has 0 saturated heterocycles. The van der Waals surface area contributed by atoms with E-state index in [1.165, 1.54) is 0 Å². The van der Waals surface area contributed by atoms with Crippen LogP contribution in [0.1, 0.15) is 68.0 Å². The number of aromatic nitrogens is 6. The van der Waals surface area contributed by atoms with Crippen LogP contribution in [0.4, 0.5) is 0 Å². The maximum absolute atomic E-state index is 13.5. The van der Waals surface area contributed by atoms with Gasteiger partial charge in [0.05, 0.1) is 5.69 Å². The van der Waals surface area contributed by atoms with Crippen LogP contribution < -0.4 is 0 Å². The van der Waals surface area contributed by atoms with E-state index in [0.717, 1.165) is 58.3 Å². The van der Waals surface area contributed by atoms with Gasteiger partial charge in [0.25, 0.3) is 0 Å². The highest BCUT2D eigenvalue weighted by Gasteiger charge is 2.46. The fourth-order valence-electron chi connectivity index (χ4n) is 7.80. The summed E-state index contributed by atoms with van der Waals surface area (Å²) in [4.78, 5) is 15.2. The molecule has 2 atom stereocenters. The molecule has 7 nitrogen and oxygen atoms in total. The van der Waals surface area contributed by atoms with Gasteiger partial charge in [0.2, 0.25) is 5.82 Å². The van der Waals surface area contributed by atoms with Gasteiger partial charge in [-0.3, -0.25) is 9.48 Å². The van der Waals surface area contributed by atoms with Crippen LogP contribution in [0.5, 0.6) is 0 Å². The van der Waals surface area contributed by atoms with Crippen molar-refractivity contribution in [3.8, 4) is 11.4 Å². The molecule has 7 rings (SSSR count). The SMILES string of the molecule is CCCCC1(c2ccccc2-c2nnn(C(c3ccccc3)(c3ccccc3)c3ccccc3)n2)C=CC(C(C)=O)(c2ccn(C)n2)C(C)=C1. The van der Waals surface area contributed by atoms with E-state index in [2.05, 4.69) is 123 Å². The molecule has 0 amide bonds. The van der Waals surface area contributed by atoms with E-state index in [9.17, 15) is 4.79 Å². The second kappa shape index (κ2) is 13.3. The molecular weight excluding hydrogens is 617 g/mol. The van der Waals surface area contributed by atoms with Gasteiger partial charge in [0.1, 0.15) is 11.2 Å². The highest BCUT2D eigenvalue weighted by atomic mass is 16.1. The van der Waals surface area contributed by atoms with Gasteiger partial charge in [-0.25, -0.2) is 0 Å². The molecule has 2 unspecified atom stereocenters. The summed E-state index contributed by atoms with van der Waals surface area (Å²) >= 11 is 0. The molecule has 6 aromatic rings. The van der Waals surface area contributed by atoms with Crippen LogP contribution in [-0.4, -0.2) is 35.8 Å². The molecule has 0 N–H and O–H groups in total. The summed E-state index contributed by atoms with van der Waals surface area (Å²) in [5.74, 6) is 0.582. The van der Waals surface area contributed by atoms with Crippen molar-refractivity contribution in [1.29, 1.82) is 0 Å². The topological polar surface area (TPSA) is 78.5 Å². The van der Waals surface area contributed by atoms with Crippen molar-refractivity contribution in [2.75, 3.05) is 0 Å². The van der Waals surface area contributed by atoms with Gasteiger partial charge in [-0.15, -0.1) is 15.0 Å². The first kappa shape index (κ1) is 32.8. The van der Waals surface area contributed by atoms with Crippen molar-refractivity contribution in [2.24, 2.45) is 7.05 Å². The third-order valence-electron chi connectivity index (χ3n) is 10.3. The number of tetrazole rings is 1. The number of aryl methyl sites for hydroxylation is 1. The Morgan fingerprint density at radius 3 is 1.86 bits per heavy atom. The fourth-order valence-corrected chi connectivity index (χ4v) is 7.80. The first-order chi connectivity index (χ1) is 24.3. The van der Waals surface area contributed by atoms with Gasteiger partial charge in [-0.1, -0.05) is 159 Å². The lowest BCUT2D eigenvalue weighted by Gasteiger charge is -2.39. The molecule has 50 heavy (non-hydrogen) atoms. The fraction of sp³-hybridized carbons (Fsp3) is 0.233. The third kappa shape index (κ3) is 5.34. The van der Waals surface area contributed by atoms with Gasteiger partial charge in [0, 0.05) is 24.2 Å². The number of hydrogen-bond donors (Lipinski definition) is 0. The molecule has 0 radical (unpaired) electrons. The Balaban J connectivity index is 1.42. The molecule has 1 aliphatic rings. The van der Waals surface area contributed by atoms with E-state index < -0.39 is 16.4 Å². The molecule has 250 valence electrons. The minimum Gasteiger partial charge on any atom is -0.298 e. The molecule has 2 heterocycles. The molecule has 0 spiro atoms. The number of unbranched alkanes of at least 4 members (excludes halogenated alkanes) is 1. The zero-order chi connectivity index (χ0) is 34.8. The Bertz CT molecular complexity index is 2070. The normalized spacial score (nSPS) is 18.9. The first-order valence-electron chi connectivity index (χ1n) is 17.3. The van der Waals surface area contributed by atoms with Gasteiger partial charge in [0.15, 0.2) is 5.54 Å². The van der Waals surface area contributed by atoms with Crippen molar-refractivity contribution in [3.63, 3.8) is 0 Å². The van der Waals surface area contributed by atoms with Crippen LogP contribution in [0.15, 0.2) is 151 Å². The monoisotopic (exact) mass is 658 g/mol. The summed E-state index contributed by atoms with van der Waals surface area (Å²) in [5, 5.41) is 19.6. The lowest BCUT2D eigenvalue weighted by Crippen LogP contribution is -2.40. The lowest BCUT2D eigenvalue weighted by atomic mass is 9.63. The van der Waals surface area contributed by atoms with Crippen molar-refractivity contribution in [1.82, 2.24) is 30.0 Å². The molecule has 0 fully saturated rings. The molecule has 4 aromatic carbocycles. The predicted octanol–water partition coefficient (Wildman–Crippen LogP) is 8.38. The van der Waals surface area contributed by atoms with E-state index in [0.29, 0.717) is 5.82 Å². The first-order valence-corrected chi connectivity index (χ1v) is 17.3. The minimum atomic E-state index is -0.923. The van der Waals surface area contributed by atoms with Crippen LogP contribution in [0.25, 0.3) is 11.4 Å². The molecule has 0 saturated carbocycles. The lowest BCUT2D eigenvalue weighted by molar-refractivity contribution is -0.120. The molecule has 2 aromatic heterocycles. The molecule has 0 bridgehead atoms. The maximum atomic E-state index is 13.5. The molecule has 1 aliphatic carbocycles. The second-order valence-electron chi connectivity index (χ2n) is 13.3. The quantitative estimate of drug-likeness (QED) is 0.103. The highest BCUT2D eigenvalue weighted by molar-refractivity contribution is 5.94. The van der Waals surface area contributed by atoms with Crippen molar-refractivity contribution in [3.05, 3.63) is 179 Å². The molecule has 0 aliphatic heterocycles. The number of benzene rings is 4. The van der Waals surface area contributed by atoms with Gasteiger partial charge in [-0.2, -0.15) is 5.10 Å². The third-order valence-corrected chi connectivity index (χ3v) is 10.3. The van der Waals surface area contributed by atoms with Crippen LogP contribution in [0.2, 0.25) is 0 Å². The zero-order valence-corrected chi connectivity index (χ0v) is 29.1. The van der Waals surface area contributed by atoms with Crippen molar-refractivity contribution in [2.45, 2.75) is 56.4 Å². The summed E-state index contributed by atoms with van der Waals surface area (Å²) in [7, 11) is 1.88. The Labute approximate surface area is 294 Å². The van der Waals surface area contributed by atoms with Crippen molar-refractivity contribution >= 4 is 5.78 Å². The summed E-state index contributed by atoms with van der Waals surface area (Å²) in [6.07, 6.45) is 11.4. The Hall–Kier alpha value is -5.69. The Morgan fingerprint density at radius 1 is 0.760 bits per heavy atom. The second-order valence-corrected chi connectivity index (χ2v) is 13.3. The number of hydrogen-bond acceptors (Lipinski definition) is 5. The number of Topliss-reactive ketones (excluding diaryl/α,β-unsaturated/α-hetero) is 1. The van der Waals surface area contributed by atoms with E-state index in [4.69, 9.17) is 20.5 Å².